The van der Waals surface area contributed by atoms with E-state index in [1.54, 1.807) is 17.0 Å². The molecule has 0 bridgehead atoms. The largest absolute Gasteiger partial charge is 0.416 e. The zero-order valence-corrected chi connectivity index (χ0v) is 19.6. The standard InChI is InChI=1S/C27H26F3N5O/c28-27(29,30)19-6-4-5-18(17-19)22-11-12-23-25(32-22)35(24-13-16-34(23)24)26(36)31-20-7-9-21(10-8-20)33-14-2-1-3-15-33/h4-12,17,24H,1-3,13-16H2,(H,31,36). The average molecular weight is 494 g/mol. The molecule has 6 rings (SSSR count). The number of halogens is 3. The average Bonchev–Trinajstić information content (AvgIpc) is 3.09. The Labute approximate surface area is 207 Å². The van der Waals surface area contributed by atoms with Crippen molar-refractivity contribution in [2.24, 2.45) is 0 Å². The minimum Gasteiger partial charge on any atom is -0.372 e. The molecular formula is C27H26F3N5O. The lowest BCUT2D eigenvalue weighted by atomic mass is 10.1. The van der Waals surface area contributed by atoms with Gasteiger partial charge >= 0.3 is 12.2 Å². The highest BCUT2D eigenvalue weighted by atomic mass is 19.4. The van der Waals surface area contributed by atoms with E-state index in [1.165, 1.54) is 25.3 Å². The van der Waals surface area contributed by atoms with Gasteiger partial charge in [0.05, 0.1) is 16.9 Å². The SMILES string of the molecule is O=C(Nc1ccc(N2CCCCC2)cc1)N1c2nc(-c3cccc(C(F)(F)F)c3)ccc2N2CCC21. The Bertz CT molecular complexity index is 1290. The molecule has 0 aliphatic carbocycles. The number of nitrogens with zero attached hydrogens (tertiary/aromatic N) is 4. The van der Waals surface area contributed by atoms with Crippen LogP contribution >= 0.6 is 0 Å². The molecule has 1 N–H and O–H groups in total. The smallest absolute Gasteiger partial charge is 0.372 e. The number of nitrogens with one attached hydrogen (secondary N) is 1. The number of anilines is 4. The van der Waals surface area contributed by atoms with Crippen LogP contribution in [0.25, 0.3) is 11.3 Å². The molecule has 2 fully saturated rings. The molecule has 3 aliphatic heterocycles. The van der Waals surface area contributed by atoms with Gasteiger partial charge in [0.1, 0.15) is 6.17 Å². The number of alkyl halides is 3. The quantitative estimate of drug-likeness (QED) is 0.462. The summed E-state index contributed by atoms with van der Waals surface area (Å²) in [6.45, 7) is 2.90. The normalized spacial score (nSPS) is 19.0. The number of fused-ring (bicyclic) bond motifs is 3. The first-order valence-electron chi connectivity index (χ1n) is 12.3. The topological polar surface area (TPSA) is 51.7 Å². The van der Waals surface area contributed by atoms with Crippen LogP contribution in [0.15, 0.2) is 60.7 Å². The van der Waals surface area contributed by atoms with Crippen LogP contribution in [0.3, 0.4) is 0 Å². The van der Waals surface area contributed by atoms with Crippen LogP contribution in [0.4, 0.5) is 40.8 Å². The molecule has 3 aromatic rings. The van der Waals surface area contributed by atoms with Gasteiger partial charge in [-0.15, -0.1) is 0 Å². The third kappa shape index (κ3) is 4.02. The van der Waals surface area contributed by atoms with Crippen molar-refractivity contribution < 1.29 is 18.0 Å². The third-order valence-electron chi connectivity index (χ3n) is 7.22. The predicted molar refractivity (Wildman–Crippen MR) is 134 cm³/mol. The lowest BCUT2D eigenvalue weighted by Crippen LogP contribution is -2.56. The molecule has 0 saturated carbocycles. The summed E-state index contributed by atoms with van der Waals surface area (Å²) in [6, 6.07) is 16.2. The number of hydrogen-bond donors (Lipinski definition) is 1. The first-order chi connectivity index (χ1) is 17.4. The van der Waals surface area contributed by atoms with E-state index in [9.17, 15) is 18.0 Å². The van der Waals surface area contributed by atoms with E-state index < -0.39 is 11.7 Å². The van der Waals surface area contributed by atoms with Gasteiger partial charge in [-0.05, 0) is 67.8 Å². The fourth-order valence-corrected chi connectivity index (χ4v) is 5.25. The molecule has 186 valence electrons. The maximum absolute atomic E-state index is 13.4. The number of aromatic nitrogens is 1. The second kappa shape index (κ2) is 8.72. The highest BCUT2D eigenvalue weighted by Crippen LogP contribution is 2.45. The molecule has 0 spiro atoms. The van der Waals surface area contributed by atoms with Gasteiger partial charge in [0.25, 0.3) is 0 Å². The van der Waals surface area contributed by atoms with Crippen molar-refractivity contribution in [2.75, 3.05) is 39.7 Å². The van der Waals surface area contributed by atoms with Crippen molar-refractivity contribution in [1.82, 2.24) is 4.98 Å². The Balaban J connectivity index is 1.25. The monoisotopic (exact) mass is 493 g/mol. The Morgan fingerprint density at radius 2 is 1.72 bits per heavy atom. The van der Waals surface area contributed by atoms with Gasteiger partial charge in [0.15, 0.2) is 5.82 Å². The molecule has 9 heteroatoms. The van der Waals surface area contributed by atoms with E-state index in [4.69, 9.17) is 0 Å². The van der Waals surface area contributed by atoms with Gasteiger partial charge in [-0.2, -0.15) is 13.2 Å². The highest BCUT2D eigenvalue weighted by Gasteiger charge is 2.46. The van der Waals surface area contributed by atoms with E-state index in [-0.39, 0.29) is 12.2 Å². The Hall–Kier alpha value is -3.75. The maximum Gasteiger partial charge on any atom is 0.416 e. The molecule has 4 heterocycles. The third-order valence-corrected chi connectivity index (χ3v) is 7.22. The van der Waals surface area contributed by atoms with E-state index in [0.717, 1.165) is 49.6 Å². The summed E-state index contributed by atoms with van der Waals surface area (Å²) in [7, 11) is 0. The first kappa shape index (κ1) is 22.7. The van der Waals surface area contributed by atoms with Crippen molar-refractivity contribution in [1.29, 1.82) is 0 Å². The molecule has 36 heavy (non-hydrogen) atoms. The summed E-state index contributed by atoms with van der Waals surface area (Å²) in [5.74, 6) is 0.467. The minimum atomic E-state index is -4.44. The van der Waals surface area contributed by atoms with Gasteiger partial charge < -0.3 is 15.1 Å². The van der Waals surface area contributed by atoms with Crippen LogP contribution in [-0.4, -0.2) is 36.8 Å². The van der Waals surface area contributed by atoms with Crippen LogP contribution < -0.4 is 20.0 Å². The van der Waals surface area contributed by atoms with Crippen molar-refractivity contribution >= 4 is 28.9 Å². The van der Waals surface area contributed by atoms with Crippen molar-refractivity contribution in [3.63, 3.8) is 0 Å². The Morgan fingerprint density at radius 3 is 2.42 bits per heavy atom. The van der Waals surface area contributed by atoms with Crippen LogP contribution in [-0.2, 0) is 6.18 Å². The molecule has 1 aromatic heterocycles. The van der Waals surface area contributed by atoms with Crippen molar-refractivity contribution in [3.8, 4) is 11.3 Å². The number of rotatable bonds is 3. The molecule has 1 unspecified atom stereocenters. The van der Waals surface area contributed by atoms with Crippen LogP contribution in [0, 0.1) is 0 Å². The fraction of sp³-hybridized carbons (Fsp3) is 0.333. The fourth-order valence-electron chi connectivity index (χ4n) is 5.25. The van der Waals surface area contributed by atoms with Crippen LogP contribution in [0.1, 0.15) is 31.2 Å². The second-order valence-electron chi connectivity index (χ2n) is 9.48. The highest BCUT2D eigenvalue weighted by molar-refractivity contribution is 6.06. The number of carbonyl (C=O) groups is 1. The predicted octanol–water partition coefficient (Wildman–Crippen LogP) is 6.35. The number of hydrogen-bond acceptors (Lipinski definition) is 4. The van der Waals surface area contributed by atoms with Gasteiger partial charge in [-0.25, -0.2) is 9.78 Å². The zero-order chi connectivity index (χ0) is 24.9. The van der Waals surface area contributed by atoms with Crippen molar-refractivity contribution in [3.05, 3.63) is 66.2 Å². The lowest BCUT2D eigenvalue weighted by Gasteiger charge is -2.39. The number of piperidine rings is 1. The summed E-state index contributed by atoms with van der Waals surface area (Å²) >= 11 is 0. The molecule has 3 aliphatic rings. The Kier molecular flexibility index (Phi) is 5.50. The Morgan fingerprint density at radius 1 is 0.944 bits per heavy atom. The van der Waals surface area contributed by atoms with Crippen LogP contribution in [0.5, 0.6) is 0 Å². The van der Waals surface area contributed by atoms with E-state index in [0.29, 0.717) is 22.8 Å². The molecule has 6 nitrogen and oxygen atoms in total. The summed E-state index contributed by atoms with van der Waals surface area (Å²) in [6.07, 6.45) is -0.120. The van der Waals surface area contributed by atoms with Gasteiger partial charge in [-0.1, -0.05) is 12.1 Å². The van der Waals surface area contributed by atoms with E-state index in [1.807, 2.05) is 30.3 Å². The van der Waals surface area contributed by atoms with Crippen LogP contribution in [0.2, 0.25) is 0 Å². The number of urea groups is 1. The van der Waals surface area contributed by atoms with Gasteiger partial charge in [0.2, 0.25) is 0 Å². The zero-order valence-electron chi connectivity index (χ0n) is 19.6. The molecule has 0 radical (unpaired) electrons. The molecule has 1 atom stereocenters. The maximum atomic E-state index is 13.4. The second-order valence-corrected chi connectivity index (χ2v) is 9.48. The molecule has 2 amide bonds. The number of amides is 2. The summed E-state index contributed by atoms with van der Waals surface area (Å²) in [5.41, 5.74) is 2.68. The summed E-state index contributed by atoms with van der Waals surface area (Å²) in [4.78, 5) is 24.1. The summed E-state index contributed by atoms with van der Waals surface area (Å²) < 4.78 is 39.7. The van der Waals surface area contributed by atoms with Crippen molar-refractivity contribution in [2.45, 2.75) is 38.0 Å². The number of pyridine rings is 1. The summed E-state index contributed by atoms with van der Waals surface area (Å²) in [5, 5.41) is 2.98. The first-order valence-corrected chi connectivity index (χ1v) is 12.3. The molecular weight excluding hydrogens is 467 g/mol. The van der Waals surface area contributed by atoms with Gasteiger partial charge in [0, 0.05) is 43.0 Å². The number of carbonyl (C=O) groups excluding carboxylic acids is 1. The van der Waals surface area contributed by atoms with E-state index in [2.05, 4.69) is 20.1 Å². The minimum absolute atomic E-state index is 0.142. The lowest BCUT2D eigenvalue weighted by molar-refractivity contribution is -0.137. The van der Waals surface area contributed by atoms with E-state index >= 15 is 0 Å². The molecule has 2 aromatic carbocycles. The molecule has 2 saturated heterocycles. The number of benzene rings is 2. The van der Waals surface area contributed by atoms with Gasteiger partial charge in [-0.3, -0.25) is 4.90 Å².